The molecule has 0 unspecified atom stereocenters. The van der Waals surface area contributed by atoms with E-state index in [-0.39, 0.29) is 5.41 Å². The molecule has 9 aromatic carbocycles. The minimum absolute atomic E-state index is 0.156. The highest BCUT2D eigenvalue weighted by atomic mass is 15.1. The third-order valence-electron chi connectivity index (χ3n) is 11.0. The van der Waals surface area contributed by atoms with E-state index in [9.17, 15) is 0 Å². The van der Waals surface area contributed by atoms with Crippen molar-refractivity contribution in [3.05, 3.63) is 187 Å². The average molecular weight is 638 g/mol. The van der Waals surface area contributed by atoms with Gasteiger partial charge in [-0.3, -0.25) is 0 Å². The summed E-state index contributed by atoms with van der Waals surface area (Å²) in [5.74, 6) is 0. The van der Waals surface area contributed by atoms with Crippen LogP contribution in [0.15, 0.2) is 176 Å². The number of benzene rings is 9. The van der Waals surface area contributed by atoms with Crippen molar-refractivity contribution in [2.75, 3.05) is 4.90 Å². The Kier molecular flexibility index (Phi) is 6.29. The highest BCUT2D eigenvalue weighted by molar-refractivity contribution is 6.13. The highest BCUT2D eigenvalue weighted by Crippen LogP contribution is 2.53. The molecule has 1 aliphatic carbocycles. The van der Waals surface area contributed by atoms with Crippen LogP contribution in [0.5, 0.6) is 0 Å². The van der Waals surface area contributed by atoms with Gasteiger partial charge in [-0.2, -0.15) is 0 Å². The summed E-state index contributed by atoms with van der Waals surface area (Å²) in [6.07, 6.45) is 0. The molecule has 1 nitrogen and oxygen atoms in total. The summed E-state index contributed by atoms with van der Waals surface area (Å²) in [5, 5.41) is 9.99. The molecule has 0 N–H and O–H groups in total. The van der Waals surface area contributed by atoms with Gasteiger partial charge >= 0.3 is 0 Å². The van der Waals surface area contributed by atoms with Crippen LogP contribution in [-0.2, 0) is 5.41 Å². The zero-order valence-corrected chi connectivity index (χ0v) is 28.2. The number of hydrogen-bond acceptors (Lipinski definition) is 1. The Hall–Kier alpha value is -6.18. The van der Waals surface area contributed by atoms with E-state index < -0.39 is 0 Å². The summed E-state index contributed by atoms with van der Waals surface area (Å²) in [4.78, 5) is 2.52. The Bertz CT molecular complexity index is 2790. The second-order valence-electron chi connectivity index (χ2n) is 14.1. The SMILES string of the molecule is CC1(C)c2cc(N(c3ccc4ccccc4c3-c3cccc4ccccc34)c3cccc4ccccc34)ccc2-c2cc3ccccc3cc21. The van der Waals surface area contributed by atoms with Gasteiger partial charge < -0.3 is 4.90 Å². The van der Waals surface area contributed by atoms with Crippen molar-refractivity contribution < 1.29 is 0 Å². The van der Waals surface area contributed by atoms with E-state index in [1.54, 1.807) is 0 Å². The van der Waals surface area contributed by atoms with Crippen molar-refractivity contribution >= 4 is 60.2 Å². The van der Waals surface area contributed by atoms with E-state index in [0.717, 1.165) is 11.4 Å². The number of fused-ring (bicyclic) bond motifs is 7. The molecule has 0 bridgehead atoms. The summed E-state index contributed by atoms with van der Waals surface area (Å²) in [6.45, 7) is 4.77. The number of nitrogens with zero attached hydrogens (tertiary/aromatic N) is 1. The van der Waals surface area contributed by atoms with Crippen LogP contribution < -0.4 is 4.90 Å². The molecule has 10 rings (SSSR count). The van der Waals surface area contributed by atoms with Crippen molar-refractivity contribution in [2.45, 2.75) is 19.3 Å². The first-order chi connectivity index (χ1) is 24.6. The van der Waals surface area contributed by atoms with Gasteiger partial charge in [0.2, 0.25) is 0 Å². The molecule has 0 spiro atoms. The van der Waals surface area contributed by atoms with Crippen LogP contribution >= 0.6 is 0 Å². The molecule has 0 aromatic heterocycles. The van der Waals surface area contributed by atoms with E-state index in [4.69, 9.17) is 0 Å². The fourth-order valence-corrected chi connectivity index (χ4v) is 8.53. The van der Waals surface area contributed by atoms with Crippen LogP contribution in [0.1, 0.15) is 25.0 Å². The van der Waals surface area contributed by atoms with Crippen molar-refractivity contribution in [3.63, 3.8) is 0 Å². The first-order valence-corrected chi connectivity index (χ1v) is 17.5. The molecule has 1 heteroatoms. The largest absolute Gasteiger partial charge is 0.309 e. The van der Waals surface area contributed by atoms with E-state index in [1.165, 1.54) is 82.2 Å². The Morgan fingerprint density at radius 1 is 0.360 bits per heavy atom. The topological polar surface area (TPSA) is 3.24 Å². The summed E-state index contributed by atoms with van der Waals surface area (Å²) in [7, 11) is 0. The maximum Gasteiger partial charge on any atom is 0.0546 e. The van der Waals surface area contributed by atoms with E-state index >= 15 is 0 Å². The molecule has 0 saturated carbocycles. The van der Waals surface area contributed by atoms with Gasteiger partial charge in [0.05, 0.1) is 11.4 Å². The quantitative estimate of drug-likeness (QED) is 0.186. The Balaban J connectivity index is 1.29. The molecule has 0 heterocycles. The molecule has 50 heavy (non-hydrogen) atoms. The van der Waals surface area contributed by atoms with Gasteiger partial charge in [0.25, 0.3) is 0 Å². The second kappa shape index (κ2) is 10.9. The number of hydrogen-bond donors (Lipinski definition) is 0. The van der Waals surface area contributed by atoms with E-state index in [2.05, 4.69) is 195 Å². The van der Waals surface area contributed by atoms with Crippen molar-refractivity contribution in [1.29, 1.82) is 0 Å². The monoisotopic (exact) mass is 637 g/mol. The van der Waals surface area contributed by atoms with Crippen LogP contribution in [0.4, 0.5) is 17.1 Å². The van der Waals surface area contributed by atoms with Crippen molar-refractivity contribution in [3.8, 4) is 22.3 Å². The molecular weight excluding hydrogens is 603 g/mol. The van der Waals surface area contributed by atoms with E-state index in [1.807, 2.05) is 0 Å². The van der Waals surface area contributed by atoms with Gasteiger partial charge in [0, 0.05) is 22.1 Å². The predicted molar refractivity (Wildman–Crippen MR) is 214 cm³/mol. The number of anilines is 3. The predicted octanol–water partition coefficient (Wildman–Crippen LogP) is 13.7. The van der Waals surface area contributed by atoms with Crippen LogP contribution in [0.3, 0.4) is 0 Å². The molecule has 236 valence electrons. The Labute approximate surface area is 292 Å². The molecule has 0 fully saturated rings. The lowest BCUT2D eigenvalue weighted by Crippen LogP contribution is -2.17. The normalized spacial score (nSPS) is 13.2. The summed E-state index contributed by atoms with van der Waals surface area (Å²) in [6, 6.07) is 65.1. The smallest absolute Gasteiger partial charge is 0.0546 e. The minimum Gasteiger partial charge on any atom is -0.309 e. The van der Waals surface area contributed by atoms with Gasteiger partial charge in [-0.1, -0.05) is 153 Å². The van der Waals surface area contributed by atoms with Crippen molar-refractivity contribution in [2.24, 2.45) is 0 Å². The molecule has 0 atom stereocenters. The first-order valence-electron chi connectivity index (χ1n) is 17.5. The summed E-state index contributed by atoms with van der Waals surface area (Å²) in [5.41, 5.74) is 11.2. The van der Waals surface area contributed by atoms with Crippen LogP contribution in [-0.4, -0.2) is 0 Å². The summed E-state index contributed by atoms with van der Waals surface area (Å²) < 4.78 is 0. The maximum absolute atomic E-state index is 2.52. The van der Waals surface area contributed by atoms with Gasteiger partial charge in [0.15, 0.2) is 0 Å². The van der Waals surface area contributed by atoms with Gasteiger partial charge in [-0.15, -0.1) is 0 Å². The molecule has 9 aromatic rings. The molecular formula is C49H35N. The van der Waals surface area contributed by atoms with Crippen LogP contribution in [0.2, 0.25) is 0 Å². The Morgan fingerprint density at radius 2 is 0.920 bits per heavy atom. The molecule has 0 radical (unpaired) electrons. The number of rotatable bonds is 4. The van der Waals surface area contributed by atoms with Gasteiger partial charge in [-0.25, -0.2) is 0 Å². The van der Waals surface area contributed by atoms with Gasteiger partial charge in [-0.05, 0) is 102 Å². The lowest BCUT2D eigenvalue weighted by atomic mass is 9.81. The van der Waals surface area contributed by atoms with Crippen LogP contribution in [0, 0.1) is 0 Å². The summed E-state index contributed by atoms with van der Waals surface area (Å²) >= 11 is 0. The molecule has 0 aliphatic heterocycles. The zero-order chi connectivity index (χ0) is 33.4. The lowest BCUT2D eigenvalue weighted by Gasteiger charge is -2.31. The molecule has 1 aliphatic rings. The fraction of sp³-hybridized carbons (Fsp3) is 0.0612. The third kappa shape index (κ3) is 4.27. The lowest BCUT2D eigenvalue weighted by molar-refractivity contribution is 0.661. The maximum atomic E-state index is 2.52. The second-order valence-corrected chi connectivity index (χ2v) is 14.1. The Morgan fingerprint density at radius 3 is 1.68 bits per heavy atom. The van der Waals surface area contributed by atoms with Gasteiger partial charge in [0.1, 0.15) is 0 Å². The minimum atomic E-state index is -0.156. The van der Waals surface area contributed by atoms with Crippen molar-refractivity contribution in [1.82, 2.24) is 0 Å². The third-order valence-corrected chi connectivity index (χ3v) is 11.0. The first kappa shape index (κ1) is 28.8. The average Bonchev–Trinajstić information content (AvgIpc) is 3.38. The molecule has 0 amide bonds. The standard InChI is InChI=1S/C49H35N/c1-49(2)44-30-36-17-4-3-16-35(36)29-43(44)41-27-26-37(31-45(41)49)50(46-24-12-19-33-14-6-9-21-39(33)46)47-28-25-34-15-7-10-22-40(34)48(47)42-23-11-18-32-13-5-8-20-38(32)42/h3-31H,1-2H3. The highest BCUT2D eigenvalue weighted by Gasteiger charge is 2.36. The molecule has 0 saturated heterocycles. The van der Waals surface area contributed by atoms with Crippen LogP contribution in [0.25, 0.3) is 65.3 Å². The van der Waals surface area contributed by atoms with E-state index in [0.29, 0.717) is 0 Å². The fourth-order valence-electron chi connectivity index (χ4n) is 8.53. The zero-order valence-electron chi connectivity index (χ0n) is 28.2.